The number of rotatable bonds is 5. The van der Waals surface area contributed by atoms with Gasteiger partial charge < -0.3 is 0 Å². The lowest BCUT2D eigenvalue weighted by Gasteiger charge is -2.36. The predicted molar refractivity (Wildman–Crippen MR) is 127 cm³/mol. The third-order valence-electron chi connectivity index (χ3n) is 6.07. The van der Waals surface area contributed by atoms with E-state index in [0.29, 0.717) is 11.1 Å². The van der Waals surface area contributed by atoms with Crippen LogP contribution in [-0.2, 0) is 10.2 Å². The van der Waals surface area contributed by atoms with E-state index in [1.807, 2.05) is 24.3 Å². The van der Waals surface area contributed by atoms with Crippen LogP contribution >= 0.6 is 11.6 Å². The van der Waals surface area contributed by atoms with Gasteiger partial charge >= 0.3 is 10.2 Å². The minimum Gasteiger partial charge on any atom is -0.264 e. The zero-order chi connectivity index (χ0) is 22.5. The smallest absolute Gasteiger partial charge is 0.264 e. The summed E-state index contributed by atoms with van der Waals surface area (Å²) in [4.78, 5) is 9.16. The van der Waals surface area contributed by atoms with Gasteiger partial charge in [0.05, 0.1) is 5.69 Å². The van der Waals surface area contributed by atoms with Crippen molar-refractivity contribution < 1.29 is 8.42 Å². The molecule has 30 heavy (non-hydrogen) atoms. The van der Waals surface area contributed by atoms with Crippen molar-refractivity contribution in [3.05, 3.63) is 54.1 Å². The molecule has 0 N–H and O–H groups in total. The van der Waals surface area contributed by atoms with Crippen molar-refractivity contribution in [3.8, 4) is 0 Å². The maximum atomic E-state index is 13.1. The number of hydrogen-bond donors (Lipinski definition) is 0. The lowest BCUT2D eigenvalue weighted by atomic mass is 10.0. The number of alkyl halides is 1. The number of halogens is 1. The first-order chi connectivity index (χ1) is 13.8. The minimum atomic E-state index is -3.74. The minimum absolute atomic E-state index is 0.0992. The summed E-state index contributed by atoms with van der Waals surface area (Å²) >= 11 is 6.88. The van der Waals surface area contributed by atoms with Crippen LogP contribution in [0.15, 0.2) is 42.9 Å². The Morgan fingerprint density at radius 3 is 2.37 bits per heavy atom. The normalized spacial score (nSPS) is 14.4. The highest BCUT2D eigenvalue weighted by Crippen LogP contribution is 2.37. The molecule has 0 radical (unpaired) electrons. The zero-order valence-electron chi connectivity index (χ0n) is 18.5. The Hall–Kier alpha value is -1.74. The number of aromatic nitrogens is 3. The molecule has 1 unspecified atom stereocenters. The van der Waals surface area contributed by atoms with Crippen molar-refractivity contribution in [1.29, 1.82) is 0 Å². The largest absolute Gasteiger partial charge is 0.308 e. The van der Waals surface area contributed by atoms with Crippen molar-refractivity contribution >= 4 is 46.1 Å². The first kappa shape index (κ1) is 22.9. The summed E-state index contributed by atoms with van der Waals surface area (Å²) in [6, 6.07) is 7.87. The summed E-state index contributed by atoms with van der Waals surface area (Å²) in [6.45, 7) is 10.7. The number of hydrogen-bond acceptors (Lipinski definition) is 4. The van der Waals surface area contributed by atoms with Gasteiger partial charge in [0.1, 0.15) is 18.9 Å². The molecular weight excluding hydrogens is 436 g/mol. The van der Waals surface area contributed by atoms with Crippen molar-refractivity contribution in [2.75, 3.05) is 14.1 Å². The van der Waals surface area contributed by atoms with Crippen LogP contribution in [0.3, 0.4) is 0 Å². The molecule has 0 saturated heterocycles. The first-order valence-electron chi connectivity index (χ1n) is 9.78. The van der Waals surface area contributed by atoms with Crippen LogP contribution in [0.4, 0.5) is 0 Å². The highest BCUT2D eigenvalue weighted by Gasteiger charge is 2.43. The second kappa shape index (κ2) is 7.75. The molecule has 0 aliphatic heterocycles. The second-order valence-corrected chi connectivity index (χ2v) is 16.9. The highest BCUT2D eigenvalue weighted by atomic mass is 35.5. The Morgan fingerprint density at radius 2 is 1.77 bits per heavy atom. The van der Waals surface area contributed by atoms with E-state index in [0.717, 1.165) is 16.3 Å². The summed E-state index contributed by atoms with van der Waals surface area (Å²) in [6.07, 6.45) is 5.09. The van der Waals surface area contributed by atoms with Gasteiger partial charge in [-0.25, -0.2) is 8.96 Å². The lowest BCUT2D eigenvalue weighted by Crippen LogP contribution is -2.56. The first-order valence-corrected chi connectivity index (χ1v) is 14.6. The Kier molecular flexibility index (Phi) is 5.92. The standard InChI is InChI=1S/C21H29ClN4O2SSi/c1-21(2,3)30(6,7)20-24-18(14-26(20)29(27,28)25(4)5)19(22)17-13-23-12-15-10-8-9-11-16(15)17/h8-14,19H,1-7H3. The summed E-state index contributed by atoms with van der Waals surface area (Å²) in [5, 5.41) is 1.24. The molecule has 1 atom stereocenters. The van der Waals surface area contributed by atoms with Crippen molar-refractivity contribution in [3.63, 3.8) is 0 Å². The monoisotopic (exact) mass is 464 g/mol. The van der Waals surface area contributed by atoms with Crippen LogP contribution in [0.1, 0.15) is 37.4 Å². The number of fused-ring (bicyclic) bond motifs is 1. The molecule has 0 aliphatic rings. The van der Waals surface area contributed by atoms with Crippen molar-refractivity contribution in [2.24, 2.45) is 0 Å². The van der Waals surface area contributed by atoms with E-state index in [1.165, 1.54) is 22.4 Å². The van der Waals surface area contributed by atoms with Gasteiger partial charge in [0.2, 0.25) is 0 Å². The van der Waals surface area contributed by atoms with E-state index >= 15 is 0 Å². The van der Waals surface area contributed by atoms with E-state index in [9.17, 15) is 8.42 Å². The Balaban J connectivity index is 2.24. The SMILES string of the molecule is CN(C)S(=O)(=O)n1cc(C(Cl)c2cncc3ccccc23)nc1[Si](C)(C)C(C)(C)C. The Labute approximate surface area is 185 Å². The Bertz CT molecular complexity index is 1180. The molecule has 2 aromatic heterocycles. The van der Waals surface area contributed by atoms with Crippen LogP contribution in [0.5, 0.6) is 0 Å². The van der Waals surface area contributed by atoms with Gasteiger partial charge in [0.15, 0.2) is 0 Å². The third kappa shape index (κ3) is 3.82. The summed E-state index contributed by atoms with van der Waals surface area (Å²) in [5.41, 5.74) is 1.92. The quantitative estimate of drug-likeness (QED) is 0.420. The number of pyridine rings is 1. The summed E-state index contributed by atoms with van der Waals surface area (Å²) < 4.78 is 28.8. The zero-order valence-corrected chi connectivity index (χ0v) is 21.1. The number of benzene rings is 1. The topological polar surface area (TPSA) is 68.1 Å². The van der Waals surface area contributed by atoms with Crippen LogP contribution in [0.25, 0.3) is 10.8 Å². The van der Waals surface area contributed by atoms with Crippen molar-refractivity contribution in [1.82, 2.24) is 18.2 Å². The maximum Gasteiger partial charge on any atom is 0.308 e. The van der Waals surface area contributed by atoms with Gasteiger partial charge in [-0.3, -0.25) is 4.98 Å². The number of imidazole rings is 1. The van der Waals surface area contributed by atoms with Crippen LogP contribution in [0.2, 0.25) is 18.1 Å². The van der Waals surface area contributed by atoms with Crippen LogP contribution in [0, 0.1) is 0 Å². The Morgan fingerprint density at radius 1 is 1.13 bits per heavy atom. The lowest BCUT2D eigenvalue weighted by molar-refractivity contribution is 0.511. The average Bonchev–Trinajstić information content (AvgIpc) is 3.13. The molecule has 3 aromatic rings. The predicted octanol–water partition coefficient (Wildman–Crippen LogP) is 4.13. The van der Waals surface area contributed by atoms with Crippen molar-refractivity contribution in [2.45, 2.75) is 44.3 Å². The van der Waals surface area contributed by atoms with Crippen LogP contribution < -0.4 is 5.45 Å². The molecule has 0 amide bonds. The van der Waals surface area contributed by atoms with Gasteiger partial charge in [-0.05, 0) is 10.4 Å². The average molecular weight is 465 g/mol. The molecule has 3 rings (SSSR count). The van der Waals surface area contributed by atoms with Gasteiger partial charge in [-0.1, -0.05) is 58.1 Å². The van der Waals surface area contributed by atoms with E-state index in [1.54, 1.807) is 18.6 Å². The molecule has 1 aromatic carbocycles. The van der Waals surface area contributed by atoms with Gasteiger partial charge in [-0.15, -0.1) is 11.6 Å². The second-order valence-electron chi connectivity index (χ2n) is 9.26. The molecule has 162 valence electrons. The summed E-state index contributed by atoms with van der Waals surface area (Å²) in [7, 11) is -2.98. The molecule has 0 aliphatic carbocycles. The summed E-state index contributed by atoms with van der Waals surface area (Å²) in [5.74, 6) is 0. The van der Waals surface area contributed by atoms with E-state index in [-0.39, 0.29) is 5.04 Å². The fourth-order valence-corrected chi connectivity index (χ4v) is 6.96. The molecule has 0 saturated carbocycles. The molecule has 0 spiro atoms. The molecular formula is C21H29ClN4O2SSi. The van der Waals surface area contributed by atoms with Crippen LogP contribution in [-0.4, -0.2) is 48.8 Å². The highest BCUT2D eigenvalue weighted by molar-refractivity contribution is 7.87. The fourth-order valence-electron chi connectivity index (χ4n) is 3.11. The molecule has 6 nitrogen and oxygen atoms in total. The fraction of sp³-hybridized carbons (Fsp3) is 0.429. The van der Waals surface area contributed by atoms with Gasteiger partial charge in [0, 0.05) is 43.6 Å². The van der Waals surface area contributed by atoms with E-state index in [4.69, 9.17) is 16.6 Å². The molecule has 0 fully saturated rings. The van der Waals surface area contributed by atoms with E-state index < -0.39 is 23.7 Å². The number of nitrogens with zero attached hydrogens (tertiary/aromatic N) is 4. The van der Waals surface area contributed by atoms with E-state index in [2.05, 4.69) is 38.8 Å². The maximum absolute atomic E-state index is 13.1. The molecule has 0 bridgehead atoms. The van der Waals surface area contributed by atoms with Gasteiger partial charge in [0.25, 0.3) is 0 Å². The molecule has 2 heterocycles. The third-order valence-corrected chi connectivity index (χ3v) is 13.6. The van der Waals surface area contributed by atoms with Gasteiger partial charge in [-0.2, -0.15) is 12.7 Å². The molecule has 9 heteroatoms.